The van der Waals surface area contributed by atoms with Gasteiger partial charge in [-0.25, -0.2) is 13.1 Å². The Morgan fingerprint density at radius 1 is 1.44 bits per heavy atom. The quantitative estimate of drug-likeness (QED) is 0.766. The van der Waals surface area contributed by atoms with Gasteiger partial charge in [-0.15, -0.1) is 0 Å². The molecule has 5 nitrogen and oxygen atoms in total. The van der Waals surface area contributed by atoms with Crippen molar-refractivity contribution >= 4 is 10.0 Å². The molecule has 1 atom stereocenters. The molecule has 1 heterocycles. The van der Waals surface area contributed by atoms with Crippen LogP contribution in [0.4, 0.5) is 0 Å². The highest BCUT2D eigenvalue weighted by molar-refractivity contribution is 7.89. The third-order valence-electron chi connectivity index (χ3n) is 2.88. The molecular weight excluding hydrogens is 252 g/mol. The van der Waals surface area contributed by atoms with Crippen LogP contribution in [0, 0.1) is 0 Å². The molecule has 1 unspecified atom stereocenters. The van der Waals surface area contributed by atoms with E-state index in [1.807, 2.05) is 13.0 Å². The van der Waals surface area contributed by atoms with Gasteiger partial charge in [-0.1, -0.05) is 13.0 Å². The van der Waals surface area contributed by atoms with Gasteiger partial charge in [0, 0.05) is 18.3 Å². The van der Waals surface area contributed by atoms with Gasteiger partial charge in [0.2, 0.25) is 10.0 Å². The molecule has 0 bridgehead atoms. The number of hydrogen-bond donors (Lipinski definition) is 2. The Morgan fingerprint density at radius 3 is 2.67 bits per heavy atom. The van der Waals surface area contributed by atoms with Gasteiger partial charge in [-0.2, -0.15) is 0 Å². The molecule has 0 fully saturated rings. The number of sulfonamides is 1. The van der Waals surface area contributed by atoms with Crippen molar-refractivity contribution in [2.45, 2.75) is 32.2 Å². The summed E-state index contributed by atoms with van der Waals surface area (Å²) in [6.07, 6.45) is 2.53. The second-order valence-electron chi connectivity index (χ2n) is 4.56. The number of aromatic nitrogens is 1. The van der Waals surface area contributed by atoms with Gasteiger partial charge in [-0.05, 0) is 25.5 Å². The monoisotopic (exact) mass is 272 g/mol. The predicted molar refractivity (Wildman–Crippen MR) is 70.6 cm³/mol. The van der Waals surface area contributed by atoms with Crippen LogP contribution < -0.4 is 4.72 Å². The third kappa shape index (κ3) is 4.72. The second kappa shape index (κ2) is 6.26. The van der Waals surface area contributed by atoms with E-state index in [1.165, 1.54) is 0 Å². The second-order valence-corrected chi connectivity index (χ2v) is 6.41. The van der Waals surface area contributed by atoms with Crippen LogP contribution in [-0.4, -0.2) is 36.4 Å². The number of pyridine rings is 1. The molecule has 0 aliphatic rings. The molecule has 0 radical (unpaired) electrons. The molecule has 0 amide bonds. The van der Waals surface area contributed by atoms with Gasteiger partial charge in [0.05, 0.1) is 17.9 Å². The fourth-order valence-corrected chi connectivity index (χ4v) is 2.97. The van der Waals surface area contributed by atoms with Crippen LogP contribution in [0.2, 0.25) is 0 Å². The standard InChI is InChI=1S/C12H20N2O3S/c1-3-12(2,10-15)14-18(16,17)9-7-11-6-4-5-8-13-11/h4-6,8,14-15H,3,7,9-10H2,1-2H3. The normalized spacial score (nSPS) is 15.3. The first-order chi connectivity index (χ1) is 8.41. The maximum absolute atomic E-state index is 11.9. The van der Waals surface area contributed by atoms with E-state index in [-0.39, 0.29) is 12.4 Å². The maximum atomic E-state index is 11.9. The van der Waals surface area contributed by atoms with E-state index in [4.69, 9.17) is 0 Å². The van der Waals surface area contributed by atoms with Crippen LogP contribution in [-0.2, 0) is 16.4 Å². The molecule has 18 heavy (non-hydrogen) atoms. The van der Waals surface area contributed by atoms with Gasteiger partial charge in [0.1, 0.15) is 0 Å². The summed E-state index contributed by atoms with van der Waals surface area (Å²) in [4.78, 5) is 4.08. The van der Waals surface area contributed by atoms with Crippen molar-refractivity contribution in [3.63, 3.8) is 0 Å². The summed E-state index contributed by atoms with van der Waals surface area (Å²) in [5, 5.41) is 9.19. The SMILES string of the molecule is CCC(C)(CO)NS(=O)(=O)CCc1ccccn1. The lowest BCUT2D eigenvalue weighted by atomic mass is 10.0. The molecule has 0 aliphatic carbocycles. The maximum Gasteiger partial charge on any atom is 0.212 e. The highest BCUT2D eigenvalue weighted by atomic mass is 32.2. The number of nitrogens with zero attached hydrogens (tertiary/aromatic N) is 1. The van der Waals surface area contributed by atoms with Crippen molar-refractivity contribution in [2.75, 3.05) is 12.4 Å². The van der Waals surface area contributed by atoms with Crippen molar-refractivity contribution in [2.24, 2.45) is 0 Å². The molecular formula is C12H20N2O3S. The first-order valence-electron chi connectivity index (χ1n) is 5.93. The summed E-state index contributed by atoms with van der Waals surface area (Å²) >= 11 is 0. The van der Waals surface area contributed by atoms with Gasteiger partial charge in [0.25, 0.3) is 0 Å². The Kier molecular flexibility index (Phi) is 5.25. The lowest BCUT2D eigenvalue weighted by Crippen LogP contribution is -2.49. The Hall–Kier alpha value is -0.980. The fourth-order valence-electron chi connectivity index (χ4n) is 1.43. The van der Waals surface area contributed by atoms with E-state index in [2.05, 4.69) is 9.71 Å². The highest BCUT2D eigenvalue weighted by Crippen LogP contribution is 2.10. The number of aliphatic hydroxyl groups excluding tert-OH is 1. The number of rotatable bonds is 7. The first-order valence-corrected chi connectivity index (χ1v) is 7.58. The Morgan fingerprint density at radius 2 is 2.17 bits per heavy atom. The predicted octanol–water partition coefficient (Wildman–Crippen LogP) is 0.704. The lowest BCUT2D eigenvalue weighted by Gasteiger charge is -2.26. The average molecular weight is 272 g/mol. The van der Waals surface area contributed by atoms with Crippen molar-refractivity contribution in [1.29, 1.82) is 0 Å². The third-order valence-corrected chi connectivity index (χ3v) is 4.43. The zero-order valence-corrected chi connectivity index (χ0v) is 11.6. The molecule has 102 valence electrons. The summed E-state index contributed by atoms with van der Waals surface area (Å²) in [5.74, 6) is -0.0282. The Balaban J connectivity index is 2.61. The molecule has 0 saturated carbocycles. The summed E-state index contributed by atoms with van der Waals surface area (Å²) in [6.45, 7) is 3.30. The molecule has 2 N–H and O–H groups in total. The van der Waals surface area contributed by atoms with Crippen molar-refractivity contribution < 1.29 is 13.5 Å². The topological polar surface area (TPSA) is 79.3 Å². The van der Waals surface area contributed by atoms with Crippen LogP contribution in [0.3, 0.4) is 0 Å². The number of nitrogens with one attached hydrogen (secondary N) is 1. The van der Waals surface area contributed by atoms with Crippen LogP contribution in [0.25, 0.3) is 0 Å². The molecule has 0 aliphatic heterocycles. The van der Waals surface area contributed by atoms with E-state index < -0.39 is 15.6 Å². The van der Waals surface area contributed by atoms with Crippen molar-refractivity contribution in [1.82, 2.24) is 9.71 Å². The molecule has 1 aromatic heterocycles. The van der Waals surface area contributed by atoms with E-state index in [0.717, 1.165) is 5.69 Å². The minimum atomic E-state index is -3.41. The van der Waals surface area contributed by atoms with E-state index >= 15 is 0 Å². The van der Waals surface area contributed by atoms with Crippen LogP contribution >= 0.6 is 0 Å². The Bertz CT molecular complexity index is 455. The van der Waals surface area contributed by atoms with Crippen LogP contribution in [0.1, 0.15) is 26.0 Å². The van der Waals surface area contributed by atoms with E-state index in [0.29, 0.717) is 12.8 Å². The van der Waals surface area contributed by atoms with E-state index in [1.54, 1.807) is 25.3 Å². The molecule has 1 aromatic rings. The molecule has 1 rings (SSSR count). The molecule has 0 spiro atoms. The summed E-state index contributed by atoms with van der Waals surface area (Å²) in [6, 6.07) is 5.41. The van der Waals surface area contributed by atoms with Crippen molar-refractivity contribution in [3.05, 3.63) is 30.1 Å². The van der Waals surface area contributed by atoms with Gasteiger partial charge < -0.3 is 5.11 Å². The van der Waals surface area contributed by atoms with Crippen LogP contribution in [0.5, 0.6) is 0 Å². The summed E-state index contributed by atoms with van der Waals surface area (Å²) < 4.78 is 26.3. The van der Waals surface area contributed by atoms with Gasteiger partial charge in [0.15, 0.2) is 0 Å². The minimum Gasteiger partial charge on any atom is -0.394 e. The minimum absolute atomic E-state index is 0.0282. The summed E-state index contributed by atoms with van der Waals surface area (Å²) in [5.41, 5.74) is -0.0479. The number of aryl methyl sites for hydroxylation is 1. The smallest absolute Gasteiger partial charge is 0.212 e. The van der Waals surface area contributed by atoms with Gasteiger partial charge >= 0.3 is 0 Å². The average Bonchev–Trinajstić information content (AvgIpc) is 2.37. The number of hydrogen-bond acceptors (Lipinski definition) is 4. The molecule has 0 aromatic carbocycles. The van der Waals surface area contributed by atoms with Crippen LogP contribution in [0.15, 0.2) is 24.4 Å². The van der Waals surface area contributed by atoms with E-state index in [9.17, 15) is 13.5 Å². The largest absolute Gasteiger partial charge is 0.394 e. The van der Waals surface area contributed by atoms with Crippen molar-refractivity contribution in [3.8, 4) is 0 Å². The molecule has 0 saturated heterocycles. The zero-order chi connectivity index (χ0) is 13.6. The number of aliphatic hydroxyl groups is 1. The summed E-state index contributed by atoms with van der Waals surface area (Å²) in [7, 11) is -3.41. The fraction of sp³-hybridized carbons (Fsp3) is 0.583. The lowest BCUT2D eigenvalue weighted by molar-refractivity contribution is 0.191. The Labute approximate surface area is 108 Å². The zero-order valence-electron chi connectivity index (χ0n) is 10.8. The highest BCUT2D eigenvalue weighted by Gasteiger charge is 2.26. The first kappa shape index (κ1) is 15.1. The molecule has 6 heteroatoms. The van der Waals surface area contributed by atoms with Gasteiger partial charge in [-0.3, -0.25) is 4.98 Å².